The van der Waals surface area contributed by atoms with Crippen molar-refractivity contribution in [3.63, 3.8) is 0 Å². The molecule has 1 heterocycles. The van der Waals surface area contributed by atoms with Crippen molar-refractivity contribution in [3.8, 4) is 5.75 Å². The van der Waals surface area contributed by atoms with Crippen molar-refractivity contribution in [2.45, 2.75) is 13.3 Å². The number of benzene rings is 2. The molecular weight excluding hydrogens is 467 g/mol. The smallest absolute Gasteiger partial charge is 0.251 e. The van der Waals surface area contributed by atoms with Gasteiger partial charge in [0.05, 0.1) is 13.7 Å². The summed E-state index contributed by atoms with van der Waals surface area (Å²) in [7, 11) is 1.59. The molecule has 0 bridgehead atoms. The molecular formula is C21H27IN4O2. The Morgan fingerprint density at radius 2 is 2.00 bits per heavy atom. The number of hydrogen-bond donors (Lipinski definition) is 2. The molecule has 7 heteroatoms. The Balaban J connectivity index is 0.00000280. The molecule has 2 aromatic carbocycles. The summed E-state index contributed by atoms with van der Waals surface area (Å²) in [6.07, 6.45) is 1.02. The van der Waals surface area contributed by atoms with E-state index in [9.17, 15) is 4.79 Å². The van der Waals surface area contributed by atoms with E-state index in [0.29, 0.717) is 24.4 Å². The number of para-hydroxylation sites is 1. The lowest BCUT2D eigenvalue weighted by atomic mass is 10.2. The summed E-state index contributed by atoms with van der Waals surface area (Å²) in [6, 6.07) is 15.5. The van der Waals surface area contributed by atoms with E-state index in [2.05, 4.69) is 51.7 Å². The number of anilines is 1. The van der Waals surface area contributed by atoms with Crippen LogP contribution in [0.5, 0.6) is 5.75 Å². The molecule has 28 heavy (non-hydrogen) atoms. The predicted molar refractivity (Wildman–Crippen MR) is 124 cm³/mol. The summed E-state index contributed by atoms with van der Waals surface area (Å²) in [6.45, 7) is 4.76. The number of amides is 1. The lowest BCUT2D eigenvalue weighted by molar-refractivity contribution is 0.0954. The Labute approximate surface area is 183 Å². The highest BCUT2D eigenvalue weighted by Gasteiger charge is 2.22. The van der Waals surface area contributed by atoms with Gasteiger partial charge in [0, 0.05) is 30.9 Å². The minimum absolute atomic E-state index is 0. The lowest BCUT2D eigenvalue weighted by Crippen LogP contribution is -2.41. The second-order valence-corrected chi connectivity index (χ2v) is 6.25. The third kappa shape index (κ3) is 5.37. The SMILES string of the molecule is CCNC(=NCCNC(=O)c1cccc(OC)c1)N1CCc2ccccc21.I. The van der Waals surface area contributed by atoms with E-state index in [0.717, 1.165) is 25.5 Å². The summed E-state index contributed by atoms with van der Waals surface area (Å²) in [5, 5.41) is 6.26. The van der Waals surface area contributed by atoms with E-state index >= 15 is 0 Å². The number of carbonyl (C=O) groups excluding carboxylic acids is 1. The van der Waals surface area contributed by atoms with Crippen LogP contribution in [-0.2, 0) is 6.42 Å². The van der Waals surface area contributed by atoms with Crippen LogP contribution in [0.2, 0.25) is 0 Å². The first kappa shape index (κ1) is 22.0. The zero-order chi connectivity index (χ0) is 19.1. The lowest BCUT2D eigenvalue weighted by Gasteiger charge is -2.22. The summed E-state index contributed by atoms with van der Waals surface area (Å²) in [5.41, 5.74) is 3.13. The first-order chi connectivity index (χ1) is 13.2. The fourth-order valence-corrected chi connectivity index (χ4v) is 3.15. The summed E-state index contributed by atoms with van der Waals surface area (Å²) in [5.74, 6) is 1.40. The van der Waals surface area contributed by atoms with Gasteiger partial charge in [-0.25, -0.2) is 0 Å². The Bertz CT molecular complexity index is 826. The van der Waals surface area contributed by atoms with Gasteiger partial charge in [0.15, 0.2) is 5.96 Å². The molecule has 150 valence electrons. The fourth-order valence-electron chi connectivity index (χ4n) is 3.15. The predicted octanol–water partition coefficient (Wildman–Crippen LogP) is 3.07. The molecule has 0 fully saturated rings. The molecule has 0 saturated carbocycles. The molecule has 3 rings (SSSR count). The van der Waals surface area contributed by atoms with Gasteiger partial charge in [-0.05, 0) is 43.2 Å². The van der Waals surface area contributed by atoms with Crippen molar-refractivity contribution >= 4 is 41.5 Å². The van der Waals surface area contributed by atoms with Gasteiger partial charge >= 0.3 is 0 Å². The molecule has 1 aliphatic rings. The Morgan fingerprint density at radius 3 is 2.79 bits per heavy atom. The molecule has 0 aromatic heterocycles. The van der Waals surface area contributed by atoms with Crippen LogP contribution in [0.3, 0.4) is 0 Å². The van der Waals surface area contributed by atoms with Crippen LogP contribution in [0, 0.1) is 0 Å². The van der Waals surface area contributed by atoms with Crippen molar-refractivity contribution in [3.05, 3.63) is 59.7 Å². The van der Waals surface area contributed by atoms with Gasteiger partial charge in [0.25, 0.3) is 5.91 Å². The maximum atomic E-state index is 12.3. The molecule has 1 amide bonds. The standard InChI is InChI=1S/C21H26N4O2.HI/c1-3-22-21(25-14-11-16-7-4-5-10-19(16)25)24-13-12-23-20(26)17-8-6-9-18(15-17)27-2;/h4-10,15H,3,11-14H2,1-2H3,(H,22,24)(H,23,26);1H. The van der Waals surface area contributed by atoms with Crippen molar-refractivity contribution in [1.82, 2.24) is 10.6 Å². The van der Waals surface area contributed by atoms with Gasteiger partial charge in [-0.15, -0.1) is 24.0 Å². The molecule has 6 nitrogen and oxygen atoms in total. The normalized spacial score (nSPS) is 12.8. The van der Waals surface area contributed by atoms with Gasteiger partial charge in [-0.3, -0.25) is 9.79 Å². The van der Waals surface area contributed by atoms with Gasteiger partial charge in [0.2, 0.25) is 0 Å². The highest BCUT2D eigenvalue weighted by atomic mass is 127. The minimum atomic E-state index is -0.124. The molecule has 0 atom stereocenters. The zero-order valence-electron chi connectivity index (χ0n) is 16.3. The monoisotopic (exact) mass is 494 g/mol. The van der Waals surface area contributed by atoms with E-state index in [1.165, 1.54) is 11.3 Å². The average Bonchev–Trinajstić information content (AvgIpc) is 3.14. The molecule has 0 aliphatic carbocycles. The second kappa shape index (κ2) is 10.9. The van der Waals surface area contributed by atoms with Crippen LogP contribution >= 0.6 is 24.0 Å². The largest absolute Gasteiger partial charge is 0.497 e. The van der Waals surface area contributed by atoms with Gasteiger partial charge in [-0.2, -0.15) is 0 Å². The quantitative estimate of drug-likeness (QED) is 0.281. The summed E-state index contributed by atoms with van der Waals surface area (Å²) in [4.78, 5) is 19.2. The number of guanidine groups is 1. The van der Waals surface area contributed by atoms with Crippen LogP contribution in [0.1, 0.15) is 22.8 Å². The zero-order valence-corrected chi connectivity index (χ0v) is 18.6. The fraction of sp³-hybridized carbons (Fsp3) is 0.333. The van der Waals surface area contributed by atoms with Crippen LogP contribution in [0.25, 0.3) is 0 Å². The number of nitrogens with zero attached hydrogens (tertiary/aromatic N) is 2. The van der Waals surface area contributed by atoms with E-state index in [1.807, 2.05) is 6.07 Å². The number of methoxy groups -OCH3 is 1. The summed E-state index contributed by atoms with van der Waals surface area (Å²) < 4.78 is 5.16. The topological polar surface area (TPSA) is 66.0 Å². The third-order valence-corrected chi connectivity index (χ3v) is 4.47. The van der Waals surface area contributed by atoms with Crippen molar-refractivity contribution in [2.75, 3.05) is 38.2 Å². The van der Waals surface area contributed by atoms with Crippen LogP contribution in [0.15, 0.2) is 53.5 Å². The van der Waals surface area contributed by atoms with E-state index in [4.69, 9.17) is 4.74 Å². The summed E-state index contributed by atoms with van der Waals surface area (Å²) >= 11 is 0. The highest BCUT2D eigenvalue weighted by molar-refractivity contribution is 14.0. The number of hydrogen-bond acceptors (Lipinski definition) is 3. The van der Waals surface area contributed by atoms with Crippen LogP contribution < -0.4 is 20.3 Å². The van der Waals surface area contributed by atoms with Crippen LogP contribution in [-0.4, -0.2) is 45.2 Å². The van der Waals surface area contributed by atoms with Crippen molar-refractivity contribution in [2.24, 2.45) is 4.99 Å². The van der Waals surface area contributed by atoms with Gasteiger partial charge in [-0.1, -0.05) is 24.3 Å². The van der Waals surface area contributed by atoms with Gasteiger partial charge in [0.1, 0.15) is 5.75 Å². The first-order valence-corrected chi connectivity index (χ1v) is 9.29. The molecule has 0 saturated heterocycles. The maximum absolute atomic E-state index is 12.3. The molecule has 2 aromatic rings. The van der Waals surface area contributed by atoms with E-state index in [-0.39, 0.29) is 29.9 Å². The average molecular weight is 494 g/mol. The Morgan fingerprint density at radius 1 is 1.18 bits per heavy atom. The van der Waals surface area contributed by atoms with Gasteiger partial charge < -0.3 is 20.3 Å². The second-order valence-electron chi connectivity index (χ2n) is 6.25. The third-order valence-electron chi connectivity index (χ3n) is 4.47. The number of halogens is 1. The number of nitrogens with one attached hydrogen (secondary N) is 2. The van der Waals surface area contributed by atoms with Crippen LogP contribution in [0.4, 0.5) is 5.69 Å². The molecule has 1 aliphatic heterocycles. The number of ether oxygens (including phenoxy) is 1. The molecule has 0 unspecified atom stereocenters. The Kier molecular flexibility index (Phi) is 8.56. The van der Waals surface area contributed by atoms with E-state index in [1.54, 1.807) is 25.3 Å². The number of fused-ring (bicyclic) bond motifs is 1. The number of carbonyl (C=O) groups is 1. The highest BCUT2D eigenvalue weighted by Crippen LogP contribution is 2.27. The molecule has 0 spiro atoms. The minimum Gasteiger partial charge on any atom is -0.497 e. The number of rotatable bonds is 6. The maximum Gasteiger partial charge on any atom is 0.251 e. The molecule has 2 N–H and O–H groups in total. The first-order valence-electron chi connectivity index (χ1n) is 9.29. The van der Waals surface area contributed by atoms with E-state index < -0.39 is 0 Å². The van der Waals surface area contributed by atoms with Crippen molar-refractivity contribution in [1.29, 1.82) is 0 Å². The Hall–Kier alpha value is -2.29. The molecule has 0 radical (unpaired) electrons. The van der Waals surface area contributed by atoms with Crippen molar-refractivity contribution < 1.29 is 9.53 Å². The number of aliphatic imine (C=N–C) groups is 1.